The van der Waals surface area contributed by atoms with Gasteiger partial charge in [0, 0.05) is 6.61 Å². The molecule has 0 aromatic heterocycles. The van der Waals surface area contributed by atoms with Crippen LogP contribution in [0, 0.1) is 5.92 Å². The third kappa shape index (κ3) is 22.4. The molecule has 4 N–H and O–H groups in total. The van der Waals surface area contributed by atoms with E-state index in [0.717, 1.165) is 0 Å². The van der Waals surface area contributed by atoms with E-state index in [-0.39, 0.29) is 42.1 Å². The maximum atomic E-state index is 9.12. The summed E-state index contributed by atoms with van der Waals surface area (Å²) in [4.78, 5) is 0. The molecule has 5 nitrogen and oxygen atoms in total. The van der Waals surface area contributed by atoms with Crippen LogP contribution in [0.3, 0.4) is 0 Å². The molecule has 0 rings (SSSR count). The molecule has 0 amide bonds. The van der Waals surface area contributed by atoms with Crippen molar-refractivity contribution in [3.63, 3.8) is 0 Å². The van der Waals surface area contributed by atoms with Crippen LogP contribution in [0.2, 0.25) is 0 Å². The maximum absolute atomic E-state index is 9.12. The third-order valence-corrected chi connectivity index (χ3v) is 1.03. The number of aliphatic hydroxyl groups excluding tert-OH is 2. The second-order valence-electron chi connectivity index (χ2n) is 1.96. The fourth-order valence-electron chi connectivity index (χ4n) is 0.0745. The van der Waals surface area contributed by atoms with Crippen LogP contribution in [0.25, 0.3) is 0 Å². The van der Waals surface area contributed by atoms with Crippen LogP contribution in [-0.2, 0) is 11.1 Å². The molecular weight excluding hydrogens is 193 g/mol. The van der Waals surface area contributed by atoms with E-state index in [0.29, 0.717) is 6.54 Å². The summed E-state index contributed by atoms with van der Waals surface area (Å²) in [6.45, 7) is 2.69. The topological polar surface area (TPSA) is 107 Å². The van der Waals surface area contributed by atoms with E-state index in [1.165, 1.54) is 0 Å². The van der Waals surface area contributed by atoms with Crippen molar-refractivity contribution < 1.29 is 48.5 Å². The van der Waals surface area contributed by atoms with Crippen molar-refractivity contribution in [1.29, 1.82) is 0 Å². The first-order valence-corrected chi connectivity index (χ1v) is 4.30. The summed E-state index contributed by atoms with van der Waals surface area (Å²) in [5.41, 5.74) is 5.12. The summed E-state index contributed by atoms with van der Waals surface area (Å²) < 4.78 is 18.2. The van der Waals surface area contributed by atoms with Crippen LogP contribution in [0.4, 0.5) is 0 Å². The maximum Gasteiger partial charge on any atom is 1.00 e. The fraction of sp³-hybridized carbons (Fsp3) is 1.00. The molecule has 0 fully saturated rings. The largest absolute Gasteiger partial charge is 1.00 e. The first-order chi connectivity index (χ1) is 5.08. The summed E-state index contributed by atoms with van der Waals surface area (Å²) in [7, 11) is 0. The Balaban J connectivity index is -0.000000126. The van der Waals surface area contributed by atoms with Gasteiger partial charge in [0.1, 0.15) is 5.94 Å². The second kappa shape index (κ2) is 14.5. The van der Waals surface area contributed by atoms with Gasteiger partial charge in [-0.25, -0.2) is 0 Å². The molecule has 0 aromatic carbocycles. The molecule has 0 aliphatic rings. The van der Waals surface area contributed by atoms with Crippen LogP contribution >= 0.6 is 0 Å². The second-order valence-corrected chi connectivity index (χ2v) is 2.82. The van der Waals surface area contributed by atoms with Gasteiger partial charge >= 0.3 is 29.6 Å². The molecule has 0 aliphatic carbocycles. The van der Waals surface area contributed by atoms with Crippen molar-refractivity contribution in [2.75, 3.05) is 19.1 Å². The van der Waals surface area contributed by atoms with Crippen LogP contribution in [-0.4, -0.2) is 38.1 Å². The SMILES string of the molecule is CC(CN)CO.O=S([O-])CO.[Na+]. The average Bonchev–Trinajstić information content (AvgIpc) is 2.04. The molecule has 0 aromatic rings. The fourth-order valence-corrected chi connectivity index (χ4v) is 0.0745. The Morgan fingerprint density at radius 1 is 1.58 bits per heavy atom. The Hall–Kier alpha value is 0.990. The minimum absolute atomic E-state index is 0. The summed E-state index contributed by atoms with van der Waals surface area (Å²) in [6, 6.07) is 0. The van der Waals surface area contributed by atoms with Gasteiger partial charge in [0.25, 0.3) is 0 Å². The third-order valence-electron chi connectivity index (χ3n) is 0.819. The smallest absolute Gasteiger partial charge is 0.771 e. The molecule has 7 heteroatoms. The summed E-state index contributed by atoms with van der Waals surface area (Å²) >= 11 is -2.27. The predicted octanol–water partition coefficient (Wildman–Crippen LogP) is -4.61. The molecule has 2 unspecified atom stereocenters. The number of aliphatic hydroxyl groups is 2. The number of nitrogens with two attached hydrogens (primary N) is 1. The van der Waals surface area contributed by atoms with Crippen LogP contribution in [0.15, 0.2) is 0 Å². The van der Waals surface area contributed by atoms with Gasteiger partial charge in [-0.3, -0.25) is 4.21 Å². The Kier molecular flexibility index (Phi) is 22.6. The van der Waals surface area contributed by atoms with Gasteiger partial charge in [-0.05, 0) is 23.5 Å². The van der Waals surface area contributed by atoms with E-state index < -0.39 is 17.0 Å². The van der Waals surface area contributed by atoms with Crippen LogP contribution in [0.5, 0.6) is 0 Å². The van der Waals surface area contributed by atoms with E-state index in [9.17, 15) is 0 Å². The Morgan fingerprint density at radius 3 is 1.92 bits per heavy atom. The van der Waals surface area contributed by atoms with Gasteiger partial charge in [0.15, 0.2) is 0 Å². The molecule has 0 aliphatic heterocycles. The number of hydrogen-bond acceptors (Lipinski definition) is 5. The van der Waals surface area contributed by atoms with Gasteiger partial charge in [-0.15, -0.1) is 0 Å². The Morgan fingerprint density at radius 2 is 1.92 bits per heavy atom. The summed E-state index contributed by atoms with van der Waals surface area (Å²) in [6.07, 6.45) is 0. The molecule has 0 spiro atoms. The van der Waals surface area contributed by atoms with Crippen molar-refractivity contribution in [2.45, 2.75) is 6.92 Å². The van der Waals surface area contributed by atoms with Crippen LogP contribution < -0.4 is 35.3 Å². The normalized spacial score (nSPS) is 13.4. The van der Waals surface area contributed by atoms with E-state index in [4.69, 9.17) is 24.7 Å². The van der Waals surface area contributed by atoms with Crippen molar-refractivity contribution in [2.24, 2.45) is 11.7 Å². The zero-order valence-corrected chi connectivity index (χ0v) is 10.2. The molecule has 0 bridgehead atoms. The molecule has 70 valence electrons. The van der Waals surface area contributed by atoms with Gasteiger partial charge in [-0.1, -0.05) is 6.92 Å². The molecular formula is C5H14NNaO4S. The van der Waals surface area contributed by atoms with E-state index in [2.05, 4.69) is 0 Å². The molecule has 0 saturated heterocycles. The predicted molar refractivity (Wildman–Crippen MR) is 41.3 cm³/mol. The standard InChI is InChI=1S/C4H11NO.CH4O3S.Na/c1-4(2-5)3-6;2-1-5(3)4;/h4,6H,2-3,5H2,1H3;2H,1H2,(H,3,4);/q;;+1/p-1. The van der Waals surface area contributed by atoms with Gasteiger partial charge in [-0.2, -0.15) is 0 Å². The van der Waals surface area contributed by atoms with Crippen molar-refractivity contribution in [3.8, 4) is 0 Å². The first kappa shape index (κ1) is 18.7. The van der Waals surface area contributed by atoms with Crippen molar-refractivity contribution >= 4 is 11.1 Å². The van der Waals surface area contributed by atoms with Crippen molar-refractivity contribution in [1.82, 2.24) is 0 Å². The molecule has 2 atom stereocenters. The van der Waals surface area contributed by atoms with Crippen LogP contribution in [0.1, 0.15) is 6.92 Å². The molecule has 0 saturated carbocycles. The van der Waals surface area contributed by atoms with E-state index in [1.807, 2.05) is 6.92 Å². The minimum Gasteiger partial charge on any atom is -0.771 e. The summed E-state index contributed by atoms with van der Waals surface area (Å²) in [5.74, 6) is -0.509. The molecule has 12 heavy (non-hydrogen) atoms. The van der Waals surface area contributed by atoms with Gasteiger partial charge < -0.3 is 20.5 Å². The zero-order chi connectivity index (χ0) is 9.28. The molecule has 0 radical (unpaired) electrons. The molecule has 0 heterocycles. The quantitative estimate of drug-likeness (QED) is 0.319. The first-order valence-electron chi connectivity index (χ1n) is 3.06. The Labute approximate surface area is 96.9 Å². The number of hydrogen-bond donors (Lipinski definition) is 3. The van der Waals surface area contributed by atoms with E-state index >= 15 is 0 Å². The van der Waals surface area contributed by atoms with E-state index in [1.54, 1.807) is 0 Å². The Bertz CT molecular complexity index is 101. The summed E-state index contributed by atoms with van der Waals surface area (Å²) in [5, 5.41) is 15.8. The van der Waals surface area contributed by atoms with Crippen molar-refractivity contribution in [3.05, 3.63) is 0 Å². The monoisotopic (exact) mass is 207 g/mol. The number of rotatable bonds is 3. The minimum atomic E-state index is -2.27. The average molecular weight is 207 g/mol. The van der Waals surface area contributed by atoms with Gasteiger partial charge in [0.2, 0.25) is 0 Å². The van der Waals surface area contributed by atoms with Gasteiger partial charge in [0.05, 0.1) is 0 Å². The zero-order valence-electron chi connectivity index (χ0n) is 7.40.